The van der Waals surface area contributed by atoms with Crippen molar-refractivity contribution in [1.29, 1.82) is 0 Å². The van der Waals surface area contributed by atoms with Gasteiger partial charge in [0.05, 0.1) is 10.5 Å². The minimum atomic E-state index is -3.54. The summed E-state index contributed by atoms with van der Waals surface area (Å²) in [7, 11) is -3.54. The molecule has 0 unspecified atom stereocenters. The Morgan fingerprint density at radius 2 is 1.58 bits per heavy atom. The van der Waals surface area contributed by atoms with Crippen LogP contribution in [-0.2, 0) is 10.0 Å². The third-order valence-corrected chi connectivity index (χ3v) is 6.06. The summed E-state index contributed by atoms with van der Waals surface area (Å²) < 4.78 is 26.8. The van der Waals surface area contributed by atoms with E-state index in [1.54, 1.807) is 43.8 Å². The number of sulfonamides is 1. The summed E-state index contributed by atoms with van der Waals surface area (Å²) in [4.78, 5) is 13.7. The summed E-state index contributed by atoms with van der Waals surface area (Å²) in [6, 6.07) is 13.4. The van der Waals surface area contributed by atoms with Crippen LogP contribution in [0.1, 0.15) is 38.1 Å². The van der Waals surface area contributed by atoms with Gasteiger partial charge in [0.15, 0.2) is 0 Å². The quantitative estimate of drug-likeness (QED) is 0.695. The van der Waals surface area contributed by atoms with Gasteiger partial charge in [0, 0.05) is 21.9 Å². The minimum Gasteiger partial charge on any atom is -0.322 e. The van der Waals surface area contributed by atoms with Crippen molar-refractivity contribution >= 4 is 33.4 Å². The van der Waals surface area contributed by atoms with Gasteiger partial charge in [0.25, 0.3) is 5.91 Å². The van der Waals surface area contributed by atoms with E-state index < -0.39 is 10.0 Å². The molecule has 0 aliphatic heterocycles. The number of carbonyl (C=O) groups excluding carboxylic acids is 1. The van der Waals surface area contributed by atoms with Crippen molar-refractivity contribution < 1.29 is 13.2 Å². The Bertz CT molecular complexity index is 861. The van der Waals surface area contributed by atoms with Gasteiger partial charge in [-0.3, -0.25) is 4.79 Å². The van der Waals surface area contributed by atoms with Crippen LogP contribution < -0.4 is 10.0 Å². The second-order valence-corrected chi connectivity index (χ2v) is 9.75. The molecule has 0 spiro atoms. The van der Waals surface area contributed by atoms with Gasteiger partial charge >= 0.3 is 0 Å². The van der Waals surface area contributed by atoms with Gasteiger partial charge in [-0.2, -0.15) is 0 Å². The number of thioether (sulfide) groups is 1. The number of benzene rings is 2. The number of carbonyl (C=O) groups is 1. The van der Waals surface area contributed by atoms with Crippen LogP contribution in [0.3, 0.4) is 0 Å². The molecule has 0 aliphatic rings. The Hall–Kier alpha value is -1.83. The summed E-state index contributed by atoms with van der Waals surface area (Å²) in [6.07, 6.45) is 0. The van der Waals surface area contributed by atoms with Crippen molar-refractivity contribution in [3.8, 4) is 0 Å². The highest BCUT2D eigenvalue weighted by atomic mass is 32.2. The third kappa shape index (κ3) is 5.59. The summed E-state index contributed by atoms with van der Waals surface area (Å²) in [5.74, 6) is -0.218. The molecule has 1 amide bonds. The van der Waals surface area contributed by atoms with Crippen LogP contribution in [0.4, 0.5) is 5.69 Å². The molecule has 0 radical (unpaired) electrons. The largest absolute Gasteiger partial charge is 0.322 e. The molecule has 2 rings (SSSR count). The molecule has 0 fully saturated rings. The third-order valence-electron chi connectivity index (χ3n) is 3.31. The molecular formula is C19H24N2O3S2. The number of amides is 1. The van der Waals surface area contributed by atoms with Gasteiger partial charge in [0.1, 0.15) is 0 Å². The normalized spacial score (nSPS) is 11.8. The van der Waals surface area contributed by atoms with Crippen LogP contribution in [0.15, 0.2) is 58.3 Å². The lowest BCUT2D eigenvalue weighted by molar-refractivity contribution is 0.102. The van der Waals surface area contributed by atoms with Crippen LogP contribution >= 0.6 is 11.8 Å². The number of anilines is 1. The maximum absolute atomic E-state index is 12.6. The average molecular weight is 393 g/mol. The molecule has 26 heavy (non-hydrogen) atoms. The van der Waals surface area contributed by atoms with E-state index in [0.717, 1.165) is 4.90 Å². The molecule has 2 aromatic carbocycles. The van der Waals surface area contributed by atoms with E-state index in [2.05, 4.69) is 23.9 Å². The molecule has 0 aromatic heterocycles. The number of rotatable bonds is 7. The second-order valence-electron chi connectivity index (χ2n) is 6.42. The molecule has 7 heteroatoms. The van der Waals surface area contributed by atoms with Crippen LogP contribution in [0.5, 0.6) is 0 Å². The van der Waals surface area contributed by atoms with Gasteiger partial charge in [0.2, 0.25) is 10.0 Å². The zero-order valence-corrected chi connectivity index (χ0v) is 16.9. The van der Waals surface area contributed by atoms with E-state index in [0.29, 0.717) is 16.5 Å². The first kappa shape index (κ1) is 20.5. The fourth-order valence-corrected chi connectivity index (χ4v) is 4.51. The lowest BCUT2D eigenvalue weighted by Crippen LogP contribution is -2.30. The number of hydrogen-bond donors (Lipinski definition) is 2. The summed E-state index contributed by atoms with van der Waals surface area (Å²) >= 11 is 1.63. The Labute approximate surface area is 159 Å². The zero-order chi connectivity index (χ0) is 19.3. The first-order valence-corrected chi connectivity index (χ1v) is 10.7. The van der Waals surface area contributed by atoms with Gasteiger partial charge in [-0.1, -0.05) is 26.0 Å². The van der Waals surface area contributed by atoms with Crippen molar-refractivity contribution in [2.24, 2.45) is 0 Å². The highest BCUT2D eigenvalue weighted by molar-refractivity contribution is 8.00. The van der Waals surface area contributed by atoms with Gasteiger partial charge in [-0.05, 0) is 50.2 Å². The lowest BCUT2D eigenvalue weighted by atomic mass is 10.2. The molecule has 0 saturated carbocycles. The molecule has 0 saturated heterocycles. The Morgan fingerprint density at radius 1 is 0.962 bits per heavy atom. The minimum absolute atomic E-state index is 0.167. The fraction of sp³-hybridized carbons (Fsp3) is 0.316. The average Bonchev–Trinajstić information content (AvgIpc) is 2.54. The first-order valence-electron chi connectivity index (χ1n) is 8.38. The fourth-order valence-electron chi connectivity index (χ4n) is 2.31. The first-order chi connectivity index (χ1) is 12.2. The van der Waals surface area contributed by atoms with Crippen LogP contribution in [-0.4, -0.2) is 25.6 Å². The van der Waals surface area contributed by atoms with Crippen molar-refractivity contribution in [3.63, 3.8) is 0 Å². The van der Waals surface area contributed by atoms with Crippen molar-refractivity contribution in [2.45, 2.75) is 48.8 Å². The molecule has 2 N–H and O–H groups in total. The topological polar surface area (TPSA) is 75.3 Å². The lowest BCUT2D eigenvalue weighted by Gasteiger charge is -2.12. The Morgan fingerprint density at radius 3 is 2.15 bits per heavy atom. The van der Waals surface area contributed by atoms with E-state index in [1.165, 1.54) is 12.1 Å². The van der Waals surface area contributed by atoms with Crippen molar-refractivity contribution in [2.75, 3.05) is 5.32 Å². The van der Waals surface area contributed by atoms with E-state index in [4.69, 9.17) is 0 Å². The van der Waals surface area contributed by atoms with E-state index >= 15 is 0 Å². The molecule has 5 nitrogen and oxygen atoms in total. The molecule has 0 aliphatic carbocycles. The maximum Gasteiger partial charge on any atom is 0.256 e. The van der Waals surface area contributed by atoms with Crippen LogP contribution in [0, 0.1) is 0 Å². The van der Waals surface area contributed by atoms with Gasteiger partial charge in [-0.15, -0.1) is 11.8 Å². The molecule has 0 bridgehead atoms. The zero-order valence-electron chi connectivity index (χ0n) is 15.3. The standard InChI is InChI=1S/C19H24N2O3S2/c1-13(2)21-26(23,24)16-11-9-15(10-12-16)20-19(22)17-7-5-6-8-18(17)25-14(3)4/h5-14,21H,1-4H3,(H,20,22). The molecule has 0 atom stereocenters. The number of hydrogen-bond acceptors (Lipinski definition) is 4. The smallest absolute Gasteiger partial charge is 0.256 e. The van der Waals surface area contributed by atoms with Gasteiger partial charge < -0.3 is 5.32 Å². The van der Waals surface area contributed by atoms with E-state index in [9.17, 15) is 13.2 Å². The SMILES string of the molecule is CC(C)NS(=O)(=O)c1ccc(NC(=O)c2ccccc2SC(C)C)cc1. The number of nitrogens with one attached hydrogen (secondary N) is 2. The molecule has 140 valence electrons. The maximum atomic E-state index is 12.6. The predicted molar refractivity (Wildman–Crippen MR) is 107 cm³/mol. The summed E-state index contributed by atoms with van der Waals surface area (Å²) in [5.41, 5.74) is 1.15. The predicted octanol–water partition coefficient (Wildman–Crippen LogP) is 4.13. The summed E-state index contributed by atoms with van der Waals surface area (Å²) in [5, 5.41) is 3.19. The van der Waals surface area contributed by atoms with Crippen molar-refractivity contribution in [1.82, 2.24) is 4.72 Å². The molecule has 2 aromatic rings. The highest BCUT2D eigenvalue weighted by Crippen LogP contribution is 2.27. The molecular weight excluding hydrogens is 368 g/mol. The summed E-state index contributed by atoms with van der Waals surface area (Å²) in [6.45, 7) is 7.67. The Balaban J connectivity index is 2.16. The second kappa shape index (κ2) is 8.70. The monoisotopic (exact) mass is 392 g/mol. The van der Waals surface area contributed by atoms with Gasteiger partial charge in [-0.25, -0.2) is 13.1 Å². The molecule has 0 heterocycles. The Kier molecular flexibility index (Phi) is 6.86. The van der Waals surface area contributed by atoms with Crippen molar-refractivity contribution in [3.05, 3.63) is 54.1 Å². The van der Waals surface area contributed by atoms with E-state index in [-0.39, 0.29) is 16.8 Å². The highest BCUT2D eigenvalue weighted by Gasteiger charge is 2.16. The van der Waals surface area contributed by atoms with E-state index in [1.807, 2.05) is 18.2 Å². The van der Waals surface area contributed by atoms with Crippen LogP contribution in [0.25, 0.3) is 0 Å². The van der Waals surface area contributed by atoms with Crippen LogP contribution in [0.2, 0.25) is 0 Å².